The average molecular weight is 413 g/mol. The van der Waals surface area contributed by atoms with Crippen molar-refractivity contribution < 1.29 is 17.6 Å². The van der Waals surface area contributed by atoms with E-state index < -0.39 is 9.84 Å². The molecule has 0 atom stereocenters. The van der Waals surface area contributed by atoms with Crippen molar-refractivity contribution in [1.29, 1.82) is 0 Å². The maximum absolute atomic E-state index is 12.2. The normalized spacial score (nSPS) is 11.4. The van der Waals surface area contributed by atoms with E-state index in [0.717, 1.165) is 22.3 Å². The van der Waals surface area contributed by atoms with Gasteiger partial charge in [-0.2, -0.15) is 0 Å². The second kappa shape index (κ2) is 9.00. The highest BCUT2D eigenvalue weighted by atomic mass is 32.2. The van der Waals surface area contributed by atoms with Gasteiger partial charge in [-0.3, -0.25) is 10.1 Å². The SMILES string of the molecule is Cc1ccc(-c2nnc(NC(=O)CCCS(=O)(=O)Cc3ccccc3)o2)c(C)c1. The van der Waals surface area contributed by atoms with E-state index in [1.807, 2.05) is 38.1 Å². The molecule has 0 aliphatic heterocycles. The number of amides is 1. The van der Waals surface area contributed by atoms with Gasteiger partial charge in [-0.1, -0.05) is 53.1 Å². The number of carbonyl (C=O) groups is 1. The number of hydrogen-bond acceptors (Lipinski definition) is 6. The van der Waals surface area contributed by atoms with Crippen LogP contribution in [0.25, 0.3) is 11.5 Å². The predicted octanol–water partition coefficient (Wildman–Crippen LogP) is 3.69. The molecule has 1 heterocycles. The summed E-state index contributed by atoms with van der Waals surface area (Å²) in [6.45, 7) is 3.94. The highest BCUT2D eigenvalue weighted by molar-refractivity contribution is 7.90. The van der Waals surface area contributed by atoms with Gasteiger partial charge in [-0.25, -0.2) is 8.42 Å². The minimum atomic E-state index is -3.27. The molecule has 0 spiro atoms. The highest BCUT2D eigenvalue weighted by Gasteiger charge is 2.15. The van der Waals surface area contributed by atoms with E-state index in [4.69, 9.17) is 4.42 Å². The Labute approximate surface area is 170 Å². The Morgan fingerprint density at radius 3 is 2.55 bits per heavy atom. The van der Waals surface area contributed by atoms with Crippen LogP contribution in [0, 0.1) is 13.8 Å². The van der Waals surface area contributed by atoms with Gasteiger partial charge in [0.2, 0.25) is 11.8 Å². The molecule has 1 amide bonds. The zero-order valence-corrected chi connectivity index (χ0v) is 17.2. The van der Waals surface area contributed by atoms with Crippen LogP contribution in [0.2, 0.25) is 0 Å². The molecule has 0 aliphatic rings. The molecule has 0 unspecified atom stereocenters. The van der Waals surface area contributed by atoms with Crippen LogP contribution in [-0.2, 0) is 20.4 Å². The summed E-state index contributed by atoms with van der Waals surface area (Å²) >= 11 is 0. The topological polar surface area (TPSA) is 102 Å². The smallest absolute Gasteiger partial charge is 0.322 e. The number of hydrogen-bond donors (Lipinski definition) is 1. The van der Waals surface area contributed by atoms with E-state index in [1.165, 1.54) is 0 Å². The van der Waals surface area contributed by atoms with Gasteiger partial charge in [0.1, 0.15) is 0 Å². The third kappa shape index (κ3) is 5.99. The number of benzene rings is 2. The first-order valence-corrected chi connectivity index (χ1v) is 11.1. The lowest BCUT2D eigenvalue weighted by Gasteiger charge is -2.04. The molecule has 0 radical (unpaired) electrons. The lowest BCUT2D eigenvalue weighted by molar-refractivity contribution is -0.116. The fourth-order valence-corrected chi connectivity index (χ4v) is 4.40. The summed E-state index contributed by atoms with van der Waals surface area (Å²) in [5.74, 6) is -0.135. The molecule has 8 heteroatoms. The Hall–Kier alpha value is -3.00. The monoisotopic (exact) mass is 413 g/mol. The molecular weight excluding hydrogens is 390 g/mol. The van der Waals surface area contributed by atoms with Crippen molar-refractivity contribution in [1.82, 2.24) is 10.2 Å². The Kier molecular flexibility index (Phi) is 6.43. The van der Waals surface area contributed by atoms with Crippen LogP contribution < -0.4 is 5.32 Å². The molecule has 3 rings (SSSR count). The molecule has 3 aromatic rings. The number of nitrogens with one attached hydrogen (secondary N) is 1. The number of aromatic nitrogens is 2. The van der Waals surface area contributed by atoms with Crippen LogP contribution in [0.5, 0.6) is 0 Å². The first kappa shape index (κ1) is 20.7. The van der Waals surface area contributed by atoms with Crippen molar-refractivity contribution in [3.8, 4) is 11.5 Å². The predicted molar refractivity (Wildman–Crippen MR) is 111 cm³/mol. The Bertz CT molecular complexity index is 1090. The van der Waals surface area contributed by atoms with Gasteiger partial charge in [0, 0.05) is 12.0 Å². The van der Waals surface area contributed by atoms with Gasteiger partial charge >= 0.3 is 6.01 Å². The summed E-state index contributed by atoms with van der Waals surface area (Å²) in [4.78, 5) is 12.1. The Morgan fingerprint density at radius 1 is 1.07 bits per heavy atom. The van der Waals surface area contributed by atoms with Crippen molar-refractivity contribution >= 4 is 21.8 Å². The fourth-order valence-electron chi connectivity index (χ4n) is 2.97. The van der Waals surface area contributed by atoms with E-state index >= 15 is 0 Å². The molecule has 1 aromatic heterocycles. The zero-order chi connectivity index (χ0) is 20.9. The van der Waals surface area contributed by atoms with Crippen molar-refractivity contribution in [2.75, 3.05) is 11.1 Å². The van der Waals surface area contributed by atoms with Crippen molar-refractivity contribution in [3.63, 3.8) is 0 Å². The number of rotatable bonds is 8. The quantitative estimate of drug-likeness (QED) is 0.604. The van der Waals surface area contributed by atoms with Crippen molar-refractivity contribution in [2.24, 2.45) is 0 Å². The molecule has 29 heavy (non-hydrogen) atoms. The summed E-state index contributed by atoms with van der Waals surface area (Å²) in [5.41, 5.74) is 3.66. The van der Waals surface area contributed by atoms with Gasteiger partial charge < -0.3 is 4.42 Å². The van der Waals surface area contributed by atoms with E-state index in [9.17, 15) is 13.2 Å². The number of carbonyl (C=O) groups excluding carboxylic acids is 1. The van der Waals surface area contributed by atoms with Crippen molar-refractivity contribution in [2.45, 2.75) is 32.4 Å². The van der Waals surface area contributed by atoms with Crippen molar-refractivity contribution in [3.05, 3.63) is 65.2 Å². The van der Waals surface area contributed by atoms with E-state index in [0.29, 0.717) is 5.89 Å². The molecule has 0 aliphatic carbocycles. The molecule has 152 valence electrons. The third-order valence-corrected chi connectivity index (χ3v) is 6.06. The van der Waals surface area contributed by atoms with E-state index in [2.05, 4.69) is 15.5 Å². The van der Waals surface area contributed by atoms with Gasteiger partial charge in [0.25, 0.3) is 0 Å². The maximum Gasteiger partial charge on any atom is 0.322 e. The van der Waals surface area contributed by atoms with Gasteiger partial charge in [-0.05, 0) is 37.5 Å². The summed E-state index contributed by atoms with van der Waals surface area (Å²) < 4.78 is 29.9. The molecule has 7 nitrogen and oxygen atoms in total. The Morgan fingerprint density at radius 2 is 1.83 bits per heavy atom. The molecular formula is C21H23N3O4S. The standard InChI is InChI=1S/C21H23N3O4S/c1-15-10-11-18(16(2)13-15)20-23-24-21(28-20)22-19(25)9-6-12-29(26,27)14-17-7-4-3-5-8-17/h3-5,7-8,10-11,13H,6,9,12,14H2,1-2H3,(H,22,24,25). The Balaban J connectivity index is 1.50. The van der Waals surface area contributed by atoms with Gasteiger partial charge in [0.05, 0.1) is 11.5 Å². The summed E-state index contributed by atoms with van der Waals surface area (Å²) in [5, 5.41) is 10.3. The lowest BCUT2D eigenvalue weighted by atomic mass is 10.1. The summed E-state index contributed by atoms with van der Waals surface area (Å²) in [7, 11) is -3.27. The molecule has 1 N–H and O–H groups in total. The summed E-state index contributed by atoms with van der Waals surface area (Å²) in [6, 6.07) is 14.8. The molecule has 0 saturated heterocycles. The van der Waals surface area contributed by atoms with Crippen LogP contribution in [0.3, 0.4) is 0 Å². The van der Waals surface area contributed by atoms with Gasteiger partial charge in [-0.15, -0.1) is 5.10 Å². The summed E-state index contributed by atoms with van der Waals surface area (Å²) in [6.07, 6.45) is 0.272. The van der Waals surface area contributed by atoms with E-state index in [-0.39, 0.29) is 36.3 Å². The van der Waals surface area contributed by atoms with Crippen LogP contribution in [0.15, 0.2) is 52.9 Å². The van der Waals surface area contributed by atoms with Gasteiger partial charge in [0.15, 0.2) is 9.84 Å². The fraction of sp³-hybridized carbons (Fsp3) is 0.286. The minimum Gasteiger partial charge on any atom is -0.403 e. The average Bonchev–Trinajstić information content (AvgIpc) is 3.10. The first-order valence-electron chi connectivity index (χ1n) is 9.28. The maximum atomic E-state index is 12.2. The second-order valence-corrected chi connectivity index (χ2v) is 9.14. The molecule has 0 bridgehead atoms. The number of aryl methyl sites for hydroxylation is 2. The molecule has 0 fully saturated rings. The number of anilines is 1. The van der Waals surface area contributed by atoms with Crippen LogP contribution in [0.4, 0.5) is 6.01 Å². The molecule has 0 saturated carbocycles. The minimum absolute atomic E-state index is 0.00267. The zero-order valence-electron chi connectivity index (χ0n) is 16.4. The number of nitrogens with zero attached hydrogens (tertiary/aromatic N) is 2. The van der Waals surface area contributed by atoms with Crippen LogP contribution >= 0.6 is 0 Å². The highest BCUT2D eigenvalue weighted by Crippen LogP contribution is 2.24. The second-order valence-electron chi connectivity index (χ2n) is 6.96. The van der Waals surface area contributed by atoms with Crippen LogP contribution in [0.1, 0.15) is 29.5 Å². The molecule has 2 aromatic carbocycles. The van der Waals surface area contributed by atoms with Crippen LogP contribution in [-0.4, -0.2) is 30.3 Å². The number of sulfone groups is 1. The third-order valence-electron chi connectivity index (χ3n) is 4.37. The lowest BCUT2D eigenvalue weighted by Crippen LogP contribution is -2.15. The van der Waals surface area contributed by atoms with E-state index in [1.54, 1.807) is 24.3 Å². The largest absolute Gasteiger partial charge is 0.403 e. The first-order chi connectivity index (χ1) is 13.8.